The van der Waals surface area contributed by atoms with Crippen LogP contribution in [0.15, 0.2) is 42.5 Å². The predicted molar refractivity (Wildman–Crippen MR) is 68.6 cm³/mol. The van der Waals surface area contributed by atoms with E-state index in [9.17, 15) is 4.79 Å². The standard InChI is InChI=1S/C15H12O4/c16-15(17)19-18-9-11-5-3-7-13-12-6-2-1-4-10(12)8-14(11)13/h1-7H,8-9H2,(H,16,17). The normalized spacial score (nSPS) is 11.8. The maximum absolute atomic E-state index is 10.3. The fraction of sp³-hybridized carbons (Fsp3) is 0.133. The van der Waals surface area contributed by atoms with Crippen LogP contribution in [0.3, 0.4) is 0 Å². The van der Waals surface area contributed by atoms with Crippen molar-refractivity contribution in [1.29, 1.82) is 0 Å². The molecule has 0 aliphatic heterocycles. The summed E-state index contributed by atoms with van der Waals surface area (Å²) in [5.74, 6) is 0. The molecule has 1 N–H and O–H groups in total. The Morgan fingerprint density at radius 1 is 1.11 bits per heavy atom. The van der Waals surface area contributed by atoms with Crippen molar-refractivity contribution < 1.29 is 19.7 Å². The minimum Gasteiger partial charge on any atom is -0.448 e. The van der Waals surface area contributed by atoms with Crippen LogP contribution in [0.2, 0.25) is 0 Å². The van der Waals surface area contributed by atoms with Gasteiger partial charge in [0.05, 0.1) is 0 Å². The molecule has 4 heteroatoms. The van der Waals surface area contributed by atoms with E-state index in [1.165, 1.54) is 22.3 Å². The fourth-order valence-corrected chi connectivity index (χ4v) is 2.50. The van der Waals surface area contributed by atoms with E-state index in [2.05, 4.69) is 23.1 Å². The van der Waals surface area contributed by atoms with E-state index in [-0.39, 0.29) is 6.61 Å². The summed E-state index contributed by atoms with van der Waals surface area (Å²) in [5, 5.41) is 8.38. The zero-order chi connectivity index (χ0) is 13.2. The van der Waals surface area contributed by atoms with E-state index in [1.807, 2.05) is 24.3 Å². The van der Waals surface area contributed by atoms with Gasteiger partial charge in [-0.15, -0.1) is 0 Å². The van der Waals surface area contributed by atoms with Crippen molar-refractivity contribution in [2.75, 3.05) is 0 Å². The van der Waals surface area contributed by atoms with Crippen LogP contribution in [-0.2, 0) is 22.8 Å². The molecule has 0 atom stereocenters. The van der Waals surface area contributed by atoms with E-state index >= 15 is 0 Å². The lowest BCUT2D eigenvalue weighted by atomic mass is 10.0. The summed E-state index contributed by atoms with van der Waals surface area (Å²) in [6.45, 7) is 0.128. The monoisotopic (exact) mass is 256 g/mol. The Morgan fingerprint density at radius 3 is 2.74 bits per heavy atom. The van der Waals surface area contributed by atoms with Crippen molar-refractivity contribution in [2.45, 2.75) is 13.0 Å². The van der Waals surface area contributed by atoms with Crippen LogP contribution in [0.4, 0.5) is 4.79 Å². The minimum absolute atomic E-state index is 0.128. The molecule has 0 saturated carbocycles. The lowest BCUT2D eigenvalue weighted by Gasteiger charge is -2.07. The molecule has 3 rings (SSSR count). The van der Waals surface area contributed by atoms with Gasteiger partial charge in [-0.05, 0) is 34.2 Å². The van der Waals surface area contributed by atoms with Gasteiger partial charge in [-0.1, -0.05) is 42.5 Å². The zero-order valence-corrected chi connectivity index (χ0v) is 10.1. The van der Waals surface area contributed by atoms with E-state index in [0.29, 0.717) is 0 Å². The molecule has 19 heavy (non-hydrogen) atoms. The Labute approximate surface area is 110 Å². The summed E-state index contributed by atoms with van der Waals surface area (Å²) in [6.07, 6.45) is -0.589. The second-order valence-corrected chi connectivity index (χ2v) is 4.39. The van der Waals surface area contributed by atoms with E-state index < -0.39 is 6.16 Å². The highest BCUT2D eigenvalue weighted by molar-refractivity contribution is 5.77. The van der Waals surface area contributed by atoms with Crippen molar-refractivity contribution >= 4 is 6.16 Å². The van der Waals surface area contributed by atoms with Crippen molar-refractivity contribution in [1.82, 2.24) is 0 Å². The summed E-state index contributed by atoms with van der Waals surface area (Å²) >= 11 is 0. The first-order valence-corrected chi connectivity index (χ1v) is 5.97. The smallest absolute Gasteiger partial charge is 0.448 e. The minimum atomic E-state index is -1.43. The summed E-state index contributed by atoms with van der Waals surface area (Å²) in [5.41, 5.74) is 5.84. The van der Waals surface area contributed by atoms with Crippen LogP contribution in [0.5, 0.6) is 0 Å². The van der Waals surface area contributed by atoms with Gasteiger partial charge in [0.15, 0.2) is 0 Å². The van der Waals surface area contributed by atoms with Crippen molar-refractivity contribution in [2.24, 2.45) is 0 Å². The first-order chi connectivity index (χ1) is 9.25. The van der Waals surface area contributed by atoms with Gasteiger partial charge in [-0.2, -0.15) is 4.89 Å². The first kappa shape index (κ1) is 11.7. The predicted octanol–water partition coefficient (Wildman–Crippen LogP) is 3.38. The molecule has 2 aromatic carbocycles. The number of rotatable bonds is 3. The van der Waals surface area contributed by atoms with Gasteiger partial charge in [0.25, 0.3) is 0 Å². The molecule has 0 spiro atoms. The van der Waals surface area contributed by atoms with Crippen molar-refractivity contribution in [3.05, 3.63) is 59.2 Å². The van der Waals surface area contributed by atoms with Gasteiger partial charge in [0, 0.05) is 0 Å². The van der Waals surface area contributed by atoms with Gasteiger partial charge in [-0.25, -0.2) is 4.79 Å². The molecule has 0 heterocycles. The molecule has 0 amide bonds. The number of carbonyl (C=O) groups is 1. The van der Waals surface area contributed by atoms with Gasteiger partial charge in [-0.3, -0.25) is 4.89 Å². The molecule has 0 bridgehead atoms. The van der Waals surface area contributed by atoms with Gasteiger partial charge in [0.2, 0.25) is 0 Å². The maximum Gasteiger partial charge on any atom is 0.537 e. The second kappa shape index (κ2) is 4.74. The maximum atomic E-state index is 10.3. The third-order valence-corrected chi connectivity index (χ3v) is 3.29. The molecular weight excluding hydrogens is 244 g/mol. The SMILES string of the molecule is O=C(O)OOCc1cccc2c1Cc1ccccc1-2. The molecular formula is C15H12O4. The molecule has 1 aliphatic carbocycles. The Hall–Kier alpha value is -2.33. The Morgan fingerprint density at radius 2 is 1.89 bits per heavy atom. The number of hydrogen-bond donors (Lipinski definition) is 1. The van der Waals surface area contributed by atoms with E-state index in [0.717, 1.165) is 12.0 Å². The van der Waals surface area contributed by atoms with Gasteiger partial charge in [0.1, 0.15) is 6.61 Å². The quantitative estimate of drug-likeness (QED) is 0.576. The lowest BCUT2D eigenvalue weighted by molar-refractivity contribution is -0.260. The second-order valence-electron chi connectivity index (χ2n) is 4.39. The molecule has 0 unspecified atom stereocenters. The van der Waals surface area contributed by atoms with E-state index in [1.54, 1.807) is 0 Å². The summed E-state index contributed by atoms with van der Waals surface area (Å²) in [6, 6.07) is 14.2. The third-order valence-electron chi connectivity index (χ3n) is 3.29. The van der Waals surface area contributed by atoms with Crippen LogP contribution >= 0.6 is 0 Å². The molecule has 1 aliphatic rings. The zero-order valence-electron chi connectivity index (χ0n) is 10.1. The summed E-state index contributed by atoms with van der Waals surface area (Å²) in [4.78, 5) is 19.1. The molecule has 0 fully saturated rings. The van der Waals surface area contributed by atoms with Crippen molar-refractivity contribution in [3.63, 3.8) is 0 Å². The van der Waals surface area contributed by atoms with E-state index in [4.69, 9.17) is 9.99 Å². The van der Waals surface area contributed by atoms with Crippen molar-refractivity contribution in [3.8, 4) is 11.1 Å². The lowest BCUT2D eigenvalue weighted by Crippen LogP contribution is -2.03. The number of hydrogen-bond acceptors (Lipinski definition) is 3. The summed E-state index contributed by atoms with van der Waals surface area (Å²) < 4.78 is 0. The Bertz CT molecular complexity index is 634. The number of fused-ring (bicyclic) bond motifs is 3. The molecule has 0 aromatic heterocycles. The van der Waals surface area contributed by atoms with Gasteiger partial charge < -0.3 is 5.11 Å². The molecule has 0 saturated heterocycles. The number of benzene rings is 2. The highest BCUT2D eigenvalue weighted by atomic mass is 17.2. The van der Waals surface area contributed by atoms with Crippen LogP contribution in [-0.4, -0.2) is 11.3 Å². The fourth-order valence-electron chi connectivity index (χ4n) is 2.50. The molecule has 0 radical (unpaired) electrons. The Kier molecular flexibility index (Phi) is 2.93. The van der Waals surface area contributed by atoms with Crippen LogP contribution in [0.25, 0.3) is 11.1 Å². The highest BCUT2D eigenvalue weighted by Crippen LogP contribution is 2.38. The molecule has 4 nitrogen and oxygen atoms in total. The summed E-state index contributed by atoms with van der Waals surface area (Å²) in [7, 11) is 0. The van der Waals surface area contributed by atoms with Crippen LogP contribution in [0.1, 0.15) is 16.7 Å². The van der Waals surface area contributed by atoms with Gasteiger partial charge >= 0.3 is 6.16 Å². The third kappa shape index (κ3) is 2.18. The topological polar surface area (TPSA) is 55.8 Å². The Balaban J connectivity index is 1.88. The average molecular weight is 256 g/mol. The highest BCUT2D eigenvalue weighted by Gasteiger charge is 2.20. The van der Waals surface area contributed by atoms with Crippen LogP contribution in [0, 0.1) is 0 Å². The molecule has 96 valence electrons. The molecule has 2 aromatic rings. The van der Waals surface area contributed by atoms with Crippen LogP contribution < -0.4 is 0 Å². The first-order valence-electron chi connectivity index (χ1n) is 5.97. The number of carboxylic acid groups (broad SMARTS) is 1. The largest absolute Gasteiger partial charge is 0.537 e. The average Bonchev–Trinajstić information content (AvgIpc) is 2.78.